The summed E-state index contributed by atoms with van der Waals surface area (Å²) in [5, 5.41) is 1.10. The number of halogens is 1. The van der Waals surface area contributed by atoms with E-state index < -0.39 is 0 Å². The maximum absolute atomic E-state index is 13.6. The SMILES string of the molecule is O=c1c2c(c3cccnc3n1Cc1ccccc1)CCN(Cc1cccc(Br)c1)C2. The van der Waals surface area contributed by atoms with Gasteiger partial charge in [-0.15, -0.1) is 0 Å². The highest BCUT2D eigenvalue weighted by Gasteiger charge is 2.24. The quantitative estimate of drug-likeness (QED) is 0.441. The maximum Gasteiger partial charge on any atom is 0.257 e. The van der Waals surface area contributed by atoms with Gasteiger partial charge in [-0.05, 0) is 47.4 Å². The van der Waals surface area contributed by atoms with Crippen molar-refractivity contribution in [3.05, 3.63) is 110 Å². The van der Waals surface area contributed by atoms with E-state index in [1.807, 2.05) is 34.9 Å². The summed E-state index contributed by atoms with van der Waals surface area (Å²) >= 11 is 3.55. The second kappa shape index (κ2) is 8.17. The Morgan fingerprint density at radius 3 is 2.57 bits per heavy atom. The number of aromatic nitrogens is 2. The van der Waals surface area contributed by atoms with E-state index in [1.165, 1.54) is 5.56 Å². The lowest BCUT2D eigenvalue weighted by Gasteiger charge is -2.30. The summed E-state index contributed by atoms with van der Waals surface area (Å²) in [4.78, 5) is 20.5. The molecule has 0 bridgehead atoms. The summed E-state index contributed by atoms with van der Waals surface area (Å²) in [6.07, 6.45) is 2.64. The zero-order valence-corrected chi connectivity index (χ0v) is 18.2. The van der Waals surface area contributed by atoms with Crippen LogP contribution in [0.5, 0.6) is 0 Å². The predicted octanol–water partition coefficient (Wildman–Crippen LogP) is 4.77. The molecule has 4 nitrogen and oxygen atoms in total. The summed E-state index contributed by atoms with van der Waals surface area (Å²) in [7, 11) is 0. The van der Waals surface area contributed by atoms with Gasteiger partial charge in [0.15, 0.2) is 0 Å². The van der Waals surface area contributed by atoms with Gasteiger partial charge in [0.1, 0.15) is 5.65 Å². The van der Waals surface area contributed by atoms with Gasteiger partial charge in [-0.2, -0.15) is 0 Å². The lowest BCUT2D eigenvalue weighted by molar-refractivity contribution is 0.244. The first-order chi connectivity index (χ1) is 14.7. The minimum Gasteiger partial charge on any atom is -0.294 e. The largest absolute Gasteiger partial charge is 0.294 e. The molecule has 2 aromatic heterocycles. The van der Waals surface area contributed by atoms with Crippen molar-refractivity contribution in [1.82, 2.24) is 14.5 Å². The number of hydrogen-bond donors (Lipinski definition) is 0. The first kappa shape index (κ1) is 19.2. The highest BCUT2D eigenvalue weighted by atomic mass is 79.9. The number of rotatable bonds is 4. The molecule has 5 rings (SSSR count). The fourth-order valence-corrected chi connectivity index (χ4v) is 4.81. The maximum atomic E-state index is 13.6. The first-order valence-corrected chi connectivity index (χ1v) is 11.0. The van der Waals surface area contributed by atoms with Gasteiger partial charge in [0, 0.05) is 41.3 Å². The van der Waals surface area contributed by atoms with Crippen molar-refractivity contribution in [3.8, 4) is 0 Å². The van der Waals surface area contributed by atoms with Crippen molar-refractivity contribution in [2.75, 3.05) is 6.54 Å². The Labute approximate surface area is 183 Å². The summed E-state index contributed by atoms with van der Waals surface area (Å²) in [5.74, 6) is 0. The smallest absolute Gasteiger partial charge is 0.257 e. The van der Waals surface area contributed by atoms with Crippen molar-refractivity contribution in [1.29, 1.82) is 0 Å². The Morgan fingerprint density at radius 2 is 1.73 bits per heavy atom. The van der Waals surface area contributed by atoms with Crippen LogP contribution < -0.4 is 5.56 Å². The number of fused-ring (bicyclic) bond motifs is 3. The molecule has 150 valence electrons. The lowest BCUT2D eigenvalue weighted by Crippen LogP contribution is -2.37. The fraction of sp³-hybridized carbons (Fsp3) is 0.200. The third kappa shape index (κ3) is 3.71. The standard InChI is InChI=1S/C25H22BrN3O/c26-20-9-4-8-19(14-20)15-28-13-11-21-22-10-5-12-27-24(22)29(25(30)23(21)17-28)16-18-6-2-1-3-7-18/h1-10,12,14H,11,13,15-17H2. The van der Waals surface area contributed by atoms with E-state index >= 15 is 0 Å². The Bertz CT molecular complexity index is 1270. The molecule has 0 saturated carbocycles. The summed E-state index contributed by atoms with van der Waals surface area (Å²) in [6.45, 7) is 2.97. The normalized spacial score (nSPS) is 14.0. The fourth-order valence-electron chi connectivity index (χ4n) is 4.36. The average molecular weight is 460 g/mol. The van der Waals surface area contributed by atoms with Crippen molar-refractivity contribution in [2.45, 2.75) is 26.1 Å². The van der Waals surface area contributed by atoms with Crippen LogP contribution in [0.25, 0.3) is 11.0 Å². The van der Waals surface area contributed by atoms with Crippen LogP contribution in [0, 0.1) is 0 Å². The molecule has 0 saturated heterocycles. The van der Waals surface area contributed by atoms with E-state index in [-0.39, 0.29) is 5.56 Å². The highest BCUT2D eigenvalue weighted by molar-refractivity contribution is 9.10. The van der Waals surface area contributed by atoms with E-state index in [2.05, 4.69) is 62.2 Å². The minimum absolute atomic E-state index is 0.0824. The van der Waals surface area contributed by atoms with E-state index in [0.717, 1.165) is 51.7 Å². The molecule has 1 aliphatic rings. The molecular formula is C25H22BrN3O. The molecule has 0 atom stereocenters. The highest BCUT2D eigenvalue weighted by Crippen LogP contribution is 2.26. The van der Waals surface area contributed by atoms with Crippen molar-refractivity contribution in [2.24, 2.45) is 0 Å². The van der Waals surface area contributed by atoms with Gasteiger partial charge in [-0.1, -0.05) is 58.4 Å². The molecule has 0 unspecified atom stereocenters. The van der Waals surface area contributed by atoms with Crippen LogP contribution in [0.1, 0.15) is 22.3 Å². The minimum atomic E-state index is 0.0824. The third-order valence-electron chi connectivity index (χ3n) is 5.77. The van der Waals surface area contributed by atoms with E-state index in [1.54, 1.807) is 6.20 Å². The van der Waals surface area contributed by atoms with Gasteiger partial charge in [0.05, 0.1) is 6.54 Å². The molecule has 30 heavy (non-hydrogen) atoms. The van der Waals surface area contributed by atoms with E-state index in [4.69, 9.17) is 0 Å². The Balaban J connectivity index is 1.55. The van der Waals surface area contributed by atoms with Gasteiger partial charge >= 0.3 is 0 Å². The van der Waals surface area contributed by atoms with Gasteiger partial charge in [-0.3, -0.25) is 14.3 Å². The average Bonchev–Trinajstić information content (AvgIpc) is 2.77. The summed E-state index contributed by atoms with van der Waals surface area (Å²) in [6, 6.07) is 22.6. The molecule has 5 heteroatoms. The van der Waals surface area contributed by atoms with Gasteiger partial charge in [-0.25, -0.2) is 4.98 Å². The monoisotopic (exact) mass is 459 g/mol. The molecule has 3 heterocycles. The molecule has 1 aliphatic heterocycles. The van der Waals surface area contributed by atoms with E-state index in [9.17, 15) is 4.79 Å². The number of benzene rings is 2. The molecule has 0 N–H and O–H groups in total. The second-order valence-electron chi connectivity index (χ2n) is 7.80. The van der Waals surface area contributed by atoms with Crippen LogP contribution in [0.15, 0.2) is 82.2 Å². The van der Waals surface area contributed by atoms with Gasteiger partial charge in [0.25, 0.3) is 5.56 Å². The molecule has 0 aliphatic carbocycles. The van der Waals surface area contributed by atoms with Crippen LogP contribution in [-0.4, -0.2) is 21.0 Å². The molecular weight excluding hydrogens is 438 g/mol. The van der Waals surface area contributed by atoms with Crippen LogP contribution in [-0.2, 0) is 26.1 Å². The number of nitrogens with zero attached hydrogens (tertiary/aromatic N) is 3. The molecule has 2 aromatic carbocycles. The topological polar surface area (TPSA) is 38.1 Å². The Kier molecular flexibility index (Phi) is 5.23. The van der Waals surface area contributed by atoms with Crippen LogP contribution in [0.2, 0.25) is 0 Å². The van der Waals surface area contributed by atoms with Crippen LogP contribution in [0.3, 0.4) is 0 Å². The molecule has 4 aromatic rings. The first-order valence-electron chi connectivity index (χ1n) is 10.2. The second-order valence-corrected chi connectivity index (χ2v) is 8.71. The predicted molar refractivity (Wildman–Crippen MR) is 124 cm³/mol. The molecule has 0 fully saturated rings. The zero-order valence-electron chi connectivity index (χ0n) is 16.6. The Morgan fingerprint density at radius 1 is 0.900 bits per heavy atom. The lowest BCUT2D eigenvalue weighted by atomic mass is 9.97. The van der Waals surface area contributed by atoms with Crippen LogP contribution in [0.4, 0.5) is 0 Å². The molecule has 0 amide bonds. The van der Waals surface area contributed by atoms with Crippen molar-refractivity contribution < 1.29 is 0 Å². The van der Waals surface area contributed by atoms with Gasteiger partial charge in [0.2, 0.25) is 0 Å². The molecule has 0 radical (unpaired) electrons. The van der Waals surface area contributed by atoms with Crippen LogP contribution >= 0.6 is 15.9 Å². The summed E-state index contributed by atoms with van der Waals surface area (Å²) < 4.78 is 2.92. The third-order valence-corrected chi connectivity index (χ3v) is 6.27. The van der Waals surface area contributed by atoms with E-state index in [0.29, 0.717) is 13.1 Å². The number of hydrogen-bond acceptors (Lipinski definition) is 3. The zero-order chi connectivity index (χ0) is 20.5. The molecule has 0 spiro atoms. The number of pyridine rings is 2. The Hall–Kier alpha value is -2.76. The van der Waals surface area contributed by atoms with Gasteiger partial charge < -0.3 is 0 Å². The van der Waals surface area contributed by atoms with Crippen molar-refractivity contribution >= 4 is 27.0 Å². The van der Waals surface area contributed by atoms with Crippen molar-refractivity contribution in [3.63, 3.8) is 0 Å². The summed E-state index contributed by atoms with van der Waals surface area (Å²) in [5.41, 5.74) is 5.29.